The molecule has 1 amide bonds. The van der Waals surface area contributed by atoms with E-state index in [2.05, 4.69) is 0 Å². The van der Waals surface area contributed by atoms with Gasteiger partial charge in [0.1, 0.15) is 30.0 Å². The minimum atomic E-state index is -0.794. The largest absolute Gasteiger partial charge is 0.494 e. The highest BCUT2D eigenvalue weighted by atomic mass is 35.5. The number of para-hydroxylation sites is 3. The van der Waals surface area contributed by atoms with Gasteiger partial charge in [-0.2, -0.15) is 0 Å². The Morgan fingerprint density at radius 3 is 2.58 bits per heavy atom. The second-order valence-electron chi connectivity index (χ2n) is 8.80. The summed E-state index contributed by atoms with van der Waals surface area (Å²) in [6, 6.07) is 22.6. The van der Waals surface area contributed by atoms with Crippen LogP contribution in [0.3, 0.4) is 0 Å². The zero-order valence-corrected chi connectivity index (χ0v) is 20.8. The van der Waals surface area contributed by atoms with Crippen LogP contribution in [0, 0.1) is 0 Å². The minimum absolute atomic E-state index is 0.0466. The van der Waals surface area contributed by atoms with Crippen molar-refractivity contribution in [1.82, 2.24) is 9.55 Å². The second-order valence-corrected chi connectivity index (χ2v) is 9.20. The van der Waals surface area contributed by atoms with E-state index in [1.807, 2.05) is 72.2 Å². The van der Waals surface area contributed by atoms with Crippen LogP contribution in [-0.4, -0.2) is 46.4 Å². The molecular weight excluding hydrogens is 478 g/mol. The van der Waals surface area contributed by atoms with E-state index in [1.165, 1.54) is 0 Å². The Balaban J connectivity index is 1.36. The SMILES string of the molecule is CCOc1ccc(N2C[C@H](c3nc4ccccc4n3C[C@H](O)COc3ccccc3Cl)CC2=O)cc1. The van der Waals surface area contributed by atoms with Gasteiger partial charge in [-0.3, -0.25) is 4.79 Å². The van der Waals surface area contributed by atoms with E-state index >= 15 is 0 Å². The molecule has 0 unspecified atom stereocenters. The summed E-state index contributed by atoms with van der Waals surface area (Å²) in [5.41, 5.74) is 2.58. The number of aliphatic hydroxyl groups is 1. The summed E-state index contributed by atoms with van der Waals surface area (Å²) in [5, 5.41) is 11.3. The molecule has 0 saturated carbocycles. The molecular formula is C28H28ClN3O4. The number of nitrogens with zero attached hydrogens (tertiary/aromatic N) is 3. The molecule has 5 rings (SSSR count). The van der Waals surface area contributed by atoms with Gasteiger partial charge in [0, 0.05) is 24.6 Å². The molecule has 0 aliphatic carbocycles. The Kier molecular flexibility index (Phi) is 7.11. The number of hydrogen-bond acceptors (Lipinski definition) is 5. The first kappa shape index (κ1) is 24.2. The normalized spacial score (nSPS) is 16.5. The van der Waals surface area contributed by atoms with E-state index in [1.54, 1.807) is 17.0 Å². The summed E-state index contributed by atoms with van der Waals surface area (Å²) in [5.74, 6) is 2.04. The van der Waals surface area contributed by atoms with Gasteiger partial charge in [-0.05, 0) is 55.5 Å². The van der Waals surface area contributed by atoms with Gasteiger partial charge in [-0.1, -0.05) is 35.9 Å². The maximum atomic E-state index is 13.0. The standard InChI is InChI=1S/C28H28ClN3O4/c1-2-35-22-13-11-20(12-14-22)31-16-19(15-27(31)34)28-30-24-8-4-5-9-25(24)32(28)17-21(33)18-36-26-10-6-3-7-23(26)29/h3-14,19,21,33H,2,15-18H2,1H3/t19-,21+/m1/s1. The van der Waals surface area contributed by atoms with Crippen LogP contribution in [0.1, 0.15) is 25.1 Å². The number of carbonyl (C=O) groups is 1. The lowest BCUT2D eigenvalue weighted by atomic mass is 10.1. The average molecular weight is 506 g/mol. The van der Waals surface area contributed by atoms with Crippen LogP contribution in [0.2, 0.25) is 5.02 Å². The summed E-state index contributed by atoms with van der Waals surface area (Å²) in [6.45, 7) is 3.41. The van der Waals surface area contributed by atoms with Crippen LogP contribution < -0.4 is 14.4 Å². The number of halogens is 1. The van der Waals surface area contributed by atoms with Crippen LogP contribution in [-0.2, 0) is 11.3 Å². The fourth-order valence-corrected chi connectivity index (χ4v) is 4.82. The Bertz CT molecular complexity index is 1350. The lowest BCUT2D eigenvalue weighted by molar-refractivity contribution is -0.117. The molecule has 0 radical (unpaired) electrons. The smallest absolute Gasteiger partial charge is 0.227 e. The number of benzene rings is 3. The minimum Gasteiger partial charge on any atom is -0.494 e. The fourth-order valence-electron chi connectivity index (χ4n) is 4.63. The van der Waals surface area contributed by atoms with Gasteiger partial charge < -0.3 is 24.0 Å². The molecule has 7 nitrogen and oxygen atoms in total. The first-order valence-electron chi connectivity index (χ1n) is 12.1. The van der Waals surface area contributed by atoms with Gasteiger partial charge in [0.15, 0.2) is 0 Å². The highest BCUT2D eigenvalue weighted by Crippen LogP contribution is 2.34. The molecule has 186 valence electrons. The van der Waals surface area contributed by atoms with Crippen molar-refractivity contribution >= 4 is 34.2 Å². The van der Waals surface area contributed by atoms with Crippen molar-refractivity contribution < 1.29 is 19.4 Å². The number of carbonyl (C=O) groups excluding carboxylic acids is 1. The monoisotopic (exact) mass is 505 g/mol. The van der Waals surface area contributed by atoms with Gasteiger partial charge in [0.25, 0.3) is 0 Å². The molecule has 2 heterocycles. The Labute approximate surface area is 214 Å². The summed E-state index contributed by atoms with van der Waals surface area (Å²) in [4.78, 5) is 19.6. The zero-order valence-electron chi connectivity index (χ0n) is 20.0. The molecule has 1 aliphatic heterocycles. The number of aliphatic hydroxyl groups excluding tert-OH is 1. The number of hydrogen-bond donors (Lipinski definition) is 1. The van der Waals surface area contributed by atoms with Crippen LogP contribution in [0.25, 0.3) is 11.0 Å². The molecule has 8 heteroatoms. The van der Waals surface area contributed by atoms with E-state index in [4.69, 9.17) is 26.1 Å². The number of anilines is 1. The first-order chi connectivity index (χ1) is 17.5. The molecule has 36 heavy (non-hydrogen) atoms. The van der Waals surface area contributed by atoms with Crippen molar-refractivity contribution in [3.63, 3.8) is 0 Å². The van der Waals surface area contributed by atoms with Crippen molar-refractivity contribution in [3.8, 4) is 11.5 Å². The molecule has 1 saturated heterocycles. The number of ether oxygens (including phenoxy) is 2. The molecule has 1 N–H and O–H groups in total. The van der Waals surface area contributed by atoms with E-state index in [0.717, 1.165) is 28.3 Å². The highest BCUT2D eigenvalue weighted by Gasteiger charge is 2.35. The number of fused-ring (bicyclic) bond motifs is 1. The molecule has 4 aromatic rings. The number of aromatic nitrogens is 2. The molecule has 0 bridgehead atoms. The average Bonchev–Trinajstić information content (AvgIpc) is 3.45. The van der Waals surface area contributed by atoms with Crippen LogP contribution >= 0.6 is 11.6 Å². The maximum Gasteiger partial charge on any atom is 0.227 e. The van der Waals surface area contributed by atoms with Gasteiger partial charge in [0.05, 0.1) is 29.2 Å². The summed E-state index contributed by atoms with van der Waals surface area (Å²) < 4.78 is 13.3. The van der Waals surface area contributed by atoms with E-state index in [-0.39, 0.29) is 25.0 Å². The van der Waals surface area contributed by atoms with Gasteiger partial charge >= 0.3 is 0 Å². The number of rotatable bonds is 9. The topological polar surface area (TPSA) is 76.8 Å². The lowest BCUT2D eigenvalue weighted by Crippen LogP contribution is -2.26. The molecule has 0 spiro atoms. The van der Waals surface area contributed by atoms with Crippen LogP contribution in [0.4, 0.5) is 5.69 Å². The summed E-state index contributed by atoms with van der Waals surface area (Å²) >= 11 is 6.18. The third kappa shape index (κ3) is 5.03. The number of imidazole rings is 1. The van der Waals surface area contributed by atoms with Crippen molar-refractivity contribution in [2.45, 2.75) is 31.9 Å². The van der Waals surface area contributed by atoms with E-state index < -0.39 is 6.10 Å². The predicted octanol–water partition coefficient (Wildman–Crippen LogP) is 5.05. The molecule has 1 fully saturated rings. The highest BCUT2D eigenvalue weighted by molar-refractivity contribution is 6.32. The van der Waals surface area contributed by atoms with Crippen molar-refractivity contribution in [1.29, 1.82) is 0 Å². The quantitative estimate of drug-likeness (QED) is 0.344. The zero-order chi connectivity index (χ0) is 25.1. The lowest BCUT2D eigenvalue weighted by Gasteiger charge is -2.19. The van der Waals surface area contributed by atoms with Crippen LogP contribution in [0.15, 0.2) is 72.8 Å². The van der Waals surface area contributed by atoms with Crippen molar-refractivity contribution in [2.24, 2.45) is 0 Å². The van der Waals surface area contributed by atoms with E-state index in [9.17, 15) is 9.90 Å². The third-order valence-corrected chi connectivity index (χ3v) is 6.61. The Morgan fingerprint density at radius 2 is 1.81 bits per heavy atom. The molecule has 1 aromatic heterocycles. The molecule has 2 atom stereocenters. The van der Waals surface area contributed by atoms with Gasteiger partial charge in [-0.15, -0.1) is 0 Å². The molecule has 1 aliphatic rings. The Hall–Kier alpha value is -3.55. The molecule has 3 aromatic carbocycles. The third-order valence-electron chi connectivity index (χ3n) is 6.29. The van der Waals surface area contributed by atoms with Gasteiger partial charge in [-0.25, -0.2) is 4.98 Å². The maximum absolute atomic E-state index is 13.0. The Morgan fingerprint density at radius 1 is 1.06 bits per heavy atom. The van der Waals surface area contributed by atoms with Crippen LogP contribution in [0.5, 0.6) is 11.5 Å². The van der Waals surface area contributed by atoms with Crippen molar-refractivity contribution in [2.75, 3.05) is 24.7 Å². The summed E-state index contributed by atoms with van der Waals surface area (Å²) in [7, 11) is 0. The first-order valence-corrected chi connectivity index (χ1v) is 12.4. The fraction of sp³-hybridized carbons (Fsp3) is 0.286. The second kappa shape index (κ2) is 10.6. The van der Waals surface area contributed by atoms with Gasteiger partial charge in [0.2, 0.25) is 5.91 Å². The van der Waals surface area contributed by atoms with E-state index in [0.29, 0.717) is 30.3 Å². The van der Waals surface area contributed by atoms with Crippen molar-refractivity contribution in [3.05, 3.63) is 83.6 Å². The number of amides is 1. The predicted molar refractivity (Wildman–Crippen MR) is 140 cm³/mol. The summed E-state index contributed by atoms with van der Waals surface area (Å²) in [6.07, 6.45) is -0.445.